The van der Waals surface area contributed by atoms with Gasteiger partial charge in [-0.05, 0) is 44.5 Å². The van der Waals surface area contributed by atoms with E-state index >= 15 is 0 Å². The smallest absolute Gasteiger partial charge is 0.226 e. The van der Waals surface area contributed by atoms with Gasteiger partial charge in [0.1, 0.15) is 5.75 Å². The van der Waals surface area contributed by atoms with Gasteiger partial charge in [0, 0.05) is 24.7 Å². The minimum atomic E-state index is -0.00470. The van der Waals surface area contributed by atoms with Crippen molar-refractivity contribution in [3.05, 3.63) is 23.8 Å². The molecular weight excluding hydrogens is 268 g/mol. The zero-order chi connectivity index (χ0) is 15.2. The van der Waals surface area contributed by atoms with Gasteiger partial charge in [0.15, 0.2) is 0 Å². The van der Waals surface area contributed by atoms with Gasteiger partial charge in [-0.3, -0.25) is 4.79 Å². The number of nitrogens with one attached hydrogen (secondary N) is 2. The maximum Gasteiger partial charge on any atom is 0.226 e. The summed E-state index contributed by atoms with van der Waals surface area (Å²) in [5.74, 6) is 0.847. The van der Waals surface area contributed by atoms with E-state index in [4.69, 9.17) is 9.47 Å². The molecule has 1 saturated heterocycles. The third-order valence-electron chi connectivity index (χ3n) is 3.25. The van der Waals surface area contributed by atoms with E-state index in [-0.39, 0.29) is 18.1 Å². The number of carbonyl (C=O) groups is 1. The first-order chi connectivity index (χ1) is 10.0. The number of morpholine rings is 1. The monoisotopic (exact) mass is 292 g/mol. The predicted molar refractivity (Wildman–Crippen MR) is 82.8 cm³/mol. The highest BCUT2D eigenvalue weighted by molar-refractivity contribution is 5.91. The zero-order valence-electron chi connectivity index (χ0n) is 12.9. The minimum absolute atomic E-state index is 0.00470. The number of anilines is 1. The molecule has 5 heteroatoms. The van der Waals surface area contributed by atoms with Crippen LogP contribution in [0.3, 0.4) is 0 Å². The van der Waals surface area contributed by atoms with E-state index in [1.807, 2.05) is 39.0 Å². The molecule has 1 amide bonds. The standard InChI is InChI=1S/C16H24N2O3/c1-11(2)21-15-5-4-13(8-12(15)3)18-16(19)9-14-10-20-7-6-17-14/h4-5,8,11,14,17H,6-7,9-10H2,1-3H3,(H,18,19). The second-order valence-electron chi connectivity index (χ2n) is 5.63. The van der Waals surface area contributed by atoms with E-state index in [2.05, 4.69) is 10.6 Å². The molecule has 1 unspecified atom stereocenters. The maximum absolute atomic E-state index is 12.0. The molecule has 2 rings (SSSR count). The number of amides is 1. The Balaban J connectivity index is 1.89. The fourth-order valence-corrected chi connectivity index (χ4v) is 2.30. The van der Waals surface area contributed by atoms with E-state index < -0.39 is 0 Å². The lowest BCUT2D eigenvalue weighted by Crippen LogP contribution is -2.43. The van der Waals surface area contributed by atoms with Crippen molar-refractivity contribution < 1.29 is 14.3 Å². The number of carbonyl (C=O) groups excluding carboxylic acids is 1. The summed E-state index contributed by atoms with van der Waals surface area (Å²) in [5.41, 5.74) is 1.81. The summed E-state index contributed by atoms with van der Waals surface area (Å²) in [6, 6.07) is 5.80. The van der Waals surface area contributed by atoms with Crippen LogP contribution in [0, 0.1) is 6.92 Å². The third-order valence-corrected chi connectivity index (χ3v) is 3.25. The lowest BCUT2D eigenvalue weighted by Gasteiger charge is -2.23. The van der Waals surface area contributed by atoms with Crippen molar-refractivity contribution in [3.8, 4) is 5.75 Å². The highest BCUT2D eigenvalue weighted by atomic mass is 16.5. The molecule has 0 aliphatic carbocycles. The van der Waals surface area contributed by atoms with Crippen molar-refractivity contribution >= 4 is 11.6 Å². The molecule has 0 bridgehead atoms. The summed E-state index contributed by atoms with van der Waals surface area (Å²) in [5, 5.41) is 6.19. The molecular formula is C16H24N2O3. The largest absolute Gasteiger partial charge is 0.491 e. The Kier molecular flexibility index (Phi) is 5.59. The summed E-state index contributed by atoms with van der Waals surface area (Å²) >= 11 is 0. The van der Waals surface area contributed by atoms with Crippen LogP contribution < -0.4 is 15.4 Å². The van der Waals surface area contributed by atoms with Gasteiger partial charge in [0.25, 0.3) is 0 Å². The van der Waals surface area contributed by atoms with Crippen LogP contribution in [0.25, 0.3) is 0 Å². The molecule has 0 spiro atoms. The molecule has 1 heterocycles. The maximum atomic E-state index is 12.0. The van der Waals surface area contributed by atoms with Crippen LogP contribution in [-0.2, 0) is 9.53 Å². The Hall–Kier alpha value is -1.59. The van der Waals surface area contributed by atoms with Crippen LogP contribution in [-0.4, -0.2) is 37.8 Å². The van der Waals surface area contributed by atoms with E-state index in [1.165, 1.54) is 0 Å². The highest BCUT2D eigenvalue weighted by Gasteiger charge is 2.17. The Morgan fingerprint density at radius 1 is 1.52 bits per heavy atom. The van der Waals surface area contributed by atoms with Crippen molar-refractivity contribution in [1.82, 2.24) is 5.32 Å². The fourth-order valence-electron chi connectivity index (χ4n) is 2.30. The summed E-state index contributed by atoms with van der Waals surface area (Å²) in [4.78, 5) is 12.0. The number of rotatable bonds is 5. The number of aryl methyl sites for hydroxylation is 1. The van der Waals surface area contributed by atoms with E-state index in [9.17, 15) is 4.79 Å². The van der Waals surface area contributed by atoms with E-state index in [0.717, 1.165) is 23.5 Å². The van der Waals surface area contributed by atoms with Gasteiger partial charge in [-0.1, -0.05) is 0 Å². The second-order valence-corrected chi connectivity index (χ2v) is 5.63. The van der Waals surface area contributed by atoms with Crippen molar-refractivity contribution in [2.24, 2.45) is 0 Å². The molecule has 116 valence electrons. The quantitative estimate of drug-likeness (QED) is 0.872. The molecule has 1 atom stereocenters. The number of ether oxygens (including phenoxy) is 2. The molecule has 0 saturated carbocycles. The van der Waals surface area contributed by atoms with E-state index in [1.54, 1.807) is 0 Å². The Morgan fingerprint density at radius 3 is 2.95 bits per heavy atom. The molecule has 5 nitrogen and oxygen atoms in total. The number of hydrogen-bond acceptors (Lipinski definition) is 4. The van der Waals surface area contributed by atoms with Crippen LogP contribution >= 0.6 is 0 Å². The van der Waals surface area contributed by atoms with Crippen LogP contribution in [0.2, 0.25) is 0 Å². The van der Waals surface area contributed by atoms with Crippen LogP contribution in [0.5, 0.6) is 5.75 Å². The summed E-state index contributed by atoms with van der Waals surface area (Å²) in [6.07, 6.45) is 0.560. The fraction of sp³-hybridized carbons (Fsp3) is 0.562. The van der Waals surface area contributed by atoms with Gasteiger partial charge >= 0.3 is 0 Å². The first kappa shape index (κ1) is 15.8. The normalized spacial score (nSPS) is 18.6. The third kappa shape index (κ3) is 5.02. The molecule has 2 N–H and O–H groups in total. The summed E-state index contributed by atoms with van der Waals surface area (Å²) in [7, 11) is 0. The van der Waals surface area contributed by atoms with Crippen molar-refractivity contribution in [1.29, 1.82) is 0 Å². The molecule has 0 aromatic heterocycles. The Labute approximate surface area is 126 Å². The number of benzene rings is 1. The molecule has 1 aromatic carbocycles. The minimum Gasteiger partial charge on any atom is -0.491 e. The molecule has 1 aromatic rings. The van der Waals surface area contributed by atoms with Gasteiger partial charge in [0.2, 0.25) is 5.91 Å². The second kappa shape index (κ2) is 7.43. The SMILES string of the molecule is Cc1cc(NC(=O)CC2COCCN2)ccc1OC(C)C. The lowest BCUT2D eigenvalue weighted by molar-refractivity contribution is -0.117. The average molecular weight is 292 g/mol. The molecule has 1 aliphatic rings. The first-order valence-corrected chi connectivity index (χ1v) is 7.43. The number of hydrogen-bond donors (Lipinski definition) is 2. The zero-order valence-corrected chi connectivity index (χ0v) is 12.9. The highest BCUT2D eigenvalue weighted by Crippen LogP contribution is 2.23. The molecule has 0 radical (unpaired) electrons. The van der Waals surface area contributed by atoms with Gasteiger partial charge in [-0.2, -0.15) is 0 Å². The topological polar surface area (TPSA) is 59.6 Å². The van der Waals surface area contributed by atoms with Gasteiger partial charge < -0.3 is 20.1 Å². The molecule has 21 heavy (non-hydrogen) atoms. The summed E-state index contributed by atoms with van der Waals surface area (Å²) in [6.45, 7) is 8.08. The molecule has 1 fully saturated rings. The van der Waals surface area contributed by atoms with Gasteiger partial charge in [0.05, 0.1) is 19.3 Å². The summed E-state index contributed by atoms with van der Waals surface area (Å²) < 4.78 is 11.0. The van der Waals surface area contributed by atoms with Crippen molar-refractivity contribution in [3.63, 3.8) is 0 Å². The molecule has 1 aliphatic heterocycles. The lowest BCUT2D eigenvalue weighted by atomic mass is 10.1. The van der Waals surface area contributed by atoms with Crippen molar-refractivity contribution in [2.45, 2.75) is 39.3 Å². The van der Waals surface area contributed by atoms with Crippen LogP contribution in [0.1, 0.15) is 25.8 Å². The van der Waals surface area contributed by atoms with Crippen LogP contribution in [0.15, 0.2) is 18.2 Å². The Bertz CT molecular complexity index is 482. The van der Waals surface area contributed by atoms with E-state index in [0.29, 0.717) is 19.6 Å². The van der Waals surface area contributed by atoms with Crippen LogP contribution in [0.4, 0.5) is 5.69 Å². The van der Waals surface area contributed by atoms with Gasteiger partial charge in [-0.25, -0.2) is 0 Å². The predicted octanol–water partition coefficient (Wildman–Crippen LogP) is 2.10. The van der Waals surface area contributed by atoms with Crippen molar-refractivity contribution in [2.75, 3.05) is 25.1 Å². The van der Waals surface area contributed by atoms with Gasteiger partial charge in [-0.15, -0.1) is 0 Å². The Morgan fingerprint density at radius 2 is 2.33 bits per heavy atom. The first-order valence-electron chi connectivity index (χ1n) is 7.43. The average Bonchev–Trinajstić information content (AvgIpc) is 2.42.